The van der Waals surface area contributed by atoms with Crippen LogP contribution in [0, 0.1) is 0 Å². The van der Waals surface area contributed by atoms with Gasteiger partial charge in [0.25, 0.3) is 5.91 Å². The van der Waals surface area contributed by atoms with E-state index in [2.05, 4.69) is 10.6 Å². The molecule has 3 rings (SSSR count). The van der Waals surface area contributed by atoms with Gasteiger partial charge in [-0.1, -0.05) is 60.7 Å². The second-order valence-corrected chi connectivity index (χ2v) is 10.6. The monoisotopic (exact) mass is 533 g/mol. The molecule has 0 heterocycles. The number of anilines is 1. The van der Waals surface area contributed by atoms with Gasteiger partial charge in [0, 0.05) is 11.6 Å². The standard InChI is InChI=1S/C31H39N3O5/c1-31(2,3)39-30(37)33-24(17-21-11-7-5-8-12-21)20-27(35)26(18-22-13-9-6-10-14-22)34-29(36)23-15-16-25(32)28(19-23)38-4/h5-16,19,24,26-27,35H,17-18,20,32H2,1-4H3,(H,33,37)(H,34,36)/t24-,26-,27-/m0/s1. The van der Waals surface area contributed by atoms with Crippen molar-refractivity contribution in [1.29, 1.82) is 0 Å². The van der Waals surface area contributed by atoms with Crippen LogP contribution in [-0.4, -0.2) is 48.0 Å². The normalized spacial score (nSPS) is 13.6. The first-order valence-corrected chi connectivity index (χ1v) is 13.0. The molecule has 5 N–H and O–H groups in total. The van der Waals surface area contributed by atoms with Gasteiger partial charge in [-0.15, -0.1) is 0 Å². The van der Waals surface area contributed by atoms with E-state index in [1.54, 1.807) is 39.0 Å². The van der Waals surface area contributed by atoms with Crippen LogP contribution >= 0.6 is 0 Å². The summed E-state index contributed by atoms with van der Waals surface area (Å²) in [5.74, 6) is 0.0280. The third-order valence-corrected chi connectivity index (χ3v) is 6.15. The number of nitrogens with one attached hydrogen (secondary N) is 2. The predicted octanol–water partition coefficient (Wildman–Crippen LogP) is 4.51. The lowest BCUT2D eigenvalue weighted by Crippen LogP contribution is -2.49. The van der Waals surface area contributed by atoms with Crippen molar-refractivity contribution in [3.8, 4) is 5.75 Å². The molecule has 0 aliphatic rings. The highest BCUT2D eigenvalue weighted by Gasteiger charge is 2.28. The van der Waals surface area contributed by atoms with Crippen LogP contribution in [0.3, 0.4) is 0 Å². The van der Waals surface area contributed by atoms with E-state index in [-0.39, 0.29) is 12.3 Å². The van der Waals surface area contributed by atoms with Crippen molar-refractivity contribution in [2.24, 2.45) is 0 Å². The average molecular weight is 534 g/mol. The van der Waals surface area contributed by atoms with Crippen molar-refractivity contribution in [2.45, 2.75) is 63.8 Å². The molecule has 3 atom stereocenters. The van der Waals surface area contributed by atoms with Crippen molar-refractivity contribution >= 4 is 17.7 Å². The van der Waals surface area contributed by atoms with Crippen molar-refractivity contribution in [2.75, 3.05) is 12.8 Å². The molecule has 208 valence electrons. The van der Waals surface area contributed by atoms with Gasteiger partial charge in [0.2, 0.25) is 0 Å². The second kappa shape index (κ2) is 13.7. The zero-order chi connectivity index (χ0) is 28.4. The van der Waals surface area contributed by atoms with E-state index in [1.807, 2.05) is 60.7 Å². The summed E-state index contributed by atoms with van der Waals surface area (Å²) in [6.45, 7) is 5.39. The van der Waals surface area contributed by atoms with Gasteiger partial charge >= 0.3 is 6.09 Å². The Bertz CT molecular complexity index is 1210. The van der Waals surface area contributed by atoms with Crippen LogP contribution in [0.2, 0.25) is 0 Å². The van der Waals surface area contributed by atoms with Gasteiger partial charge in [0.1, 0.15) is 11.4 Å². The van der Waals surface area contributed by atoms with Crippen LogP contribution in [0.4, 0.5) is 10.5 Å². The molecule has 3 aromatic rings. The fourth-order valence-electron chi connectivity index (χ4n) is 4.28. The number of ether oxygens (including phenoxy) is 2. The minimum atomic E-state index is -0.978. The Hall–Kier alpha value is -4.04. The van der Waals surface area contributed by atoms with Crippen molar-refractivity contribution in [1.82, 2.24) is 10.6 Å². The maximum absolute atomic E-state index is 13.2. The molecule has 2 amide bonds. The van der Waals surface area contributed by atoms with E-state index in [0.717, 1.165) is 11.1 Å². The number of nitrogens with two attached hydrogens (primary N) is 1. The topological polar surface area (TPSA) is 123 Å². The summed E-state index contributed by atoms with van der Waals surface area (Å²) in [5, 5.41) is 17.4. The number of methoxy groups -OCH3 is 1. The molecule has 3 aromatic carbocycles. The molecule has 8 nitrogen and oxygen atoms in total. The smallest absolute Gasteiger partial charge is 0.407 e. The molecule has 0 aliphatic heterocycles. The maximum Gasteiger partial charge on any atom is 0.407 e. The molecular weight excluding hydrogens is 494 g/mol. The Morgan fingerprint density at radius 3 is 2.05 bits per heavy atom. The van der Waals surface area contributed by atoms with Crippen LogP contribution in [0.1, 0.15) is 48.7 Å². The van der Waals surface area contributed by atoms with Gasteiger partial charge in [-0.2, -0.15) is 0 Å². The highest BCUT2D eigenvalue weighted by Crippen LogP contribution is 2.23. The first-order chi connectivity index (χ1) is 18.5. The van der Waals surface area contributed by atoms with Crippen LogP contribution in [0.15, 0.2) is 78.9 Å². The first kappa shape index (κ1) is 29.5. The lowest BCUT2D eigenvalue weighted by atomic mass is 9.93. The molecule has 0 saturated heterocycles. The SMILES string of the molecule is COc1cc(C(=O)N[C@@H](Cc2ccccc2)[C@@H](O)C[C@H](Cc2ccccc2)NC(=O)OC(C)(C)C)ccc1N. The number of carbonyl (C=O) groups excluding carboxylic acids is 2. The van der Waals surface area contributed by atoms with E-state index in [9.17, 15) is 14.7 Å². The van der Waals surface area contributed by atoms with E-state index < -0.39 is 29.9 Å². The predicted molar refractivity (Wildman–Crippen MR) is 153 cm³/mol. The van der Waals surface area contributed by atoms with E-state index in [0.29, 0.717) is 29.8 Å². The summed E-state index contributed by atoms with van der Waals surface area (Å²) >= 11 is 0. The molecule has 8 heteroatoms. The molecule has 0 unspecified atom stereocenters. The number of aliphatic hydroxyl groups excluding tert-OH is 1. The number of hydrogen-bond acceptors (Lipinski definition) is 6. The number of rotatable bonds is 11. The number of alkyl carbamates (subject to hydrolysis) is 1. The lowest BCUT2D eigenvalue weighted by Gasteiger charge is -2.29. The Balaban J connectivity index is 1.82. The number of amides is 2. The quantitative estimate of drug-likeness (QED) is 0.269. The highest BCUT2D eigenvalue weighted by molar-refractivity contribution is 5.95. The summed E-state index contributed by atoms with van der Waals surface area (Å²) in [7, 11) is 1.49. The summed E-state index contributed by atoms with van der Waals surface area (Å²) in [4.78, 5) is 25.9. The van der Waals surface area contributed by atoms with Gasteiger partial charge in [0.05, 0.1) is 24.9 Å². The van der Waals surface area contributed by atoms with Gasteiger partial charge < -0.3 is 30.9 Å². The highest BCUT2D eigenvalue weighted by atomic mass is 16.6. The van der Waals surface area contributed by atoms with Gasteiger partial charge in [0.15, 0.2) is 0 Å². The first-order valence-electron chi connectivity index (χ1n) is 13.0. The fourth-order valence-corrected chi connectivity index (χ4v) is 4.28. The maximum atomic E-state index is 13.2. The third kappa shape index (κ3) is 9.65. The van der Waals surface area contributed by atoms with Gasteiger partial charge in [-0.25, -0.2) is 4.79 Å². The minimum absolute atomic E-state index is 0.191. The van der Waals surface area contributed by atoms with E-state index in [4.69, 9.17) is 15.2 Å². The van der Waals surface area contributed by atoms with Crippen molar-refractivity contribution < 1.29 is 24.2 Å². The Morgan fingerprint density at radius 1 is 0.897 bits per heavy atom. The summed E-state index contributed by atoms with van der Waals surface area (Å²) in [6, 6.07) is 23.0. The summed E-state index contributed by atoms with van der Waals surface area (Å²) in [5.41, 5.74) is 7.99. The molecule has 0 bridgehead atoms. The number of carbonyl (C=O) groups is 2. The van der Waals surface area contributed by atoms with Crippen LogP contribution in [-0.2, 0) is 17.6 Å². The molecule has 0 radical (unpaired) electrons. The van der Waals surface area contributed by atoms with Crippen LogP contribution < -0.4 is 21.1 Å². The molecule has 0 saturated carbocycles. The third-order valence-electron chi connectivity index (χ3n) is 6.15. The number of benzene rings is 3. The largest absolute Gasteiger partial charge is 0.495 e. The molecule has 0 aliphatic carbocycles. The van der Waals surface area contributed by atoms with E-state index >= 15 is 0 Å². The Labute approximate surface area is 230 Å². The molecule has 0 fully saturated rings. The molecular formula is C31H39N3O5. The van der Waals surface area contributed by atoms with Gasteiger partial charge in [-0.3, -0.25) is 4.79 Å². The van der Waals surface area contributed by atoms with Gasteiger partial charge in [-0.05, 0) is 69.4 Å². The average Bonchev–Trinajstić information content (AvgIpc) is 2.88. The summed E-state index contributed by atoms with van der Waals surface area (Å²) < 4.78 is 10.7. The number of hydrogen-bond donors (Lipinski definition) is 4. The van der Waals surface area contributed by atoms with Crippen molar-refractivity contribution in [3.05, 3.63) is 95.6 Å². The summed E-state index contributed by atoms with van der Waals surface area (Å²) in [6.07, 6.45) is -0.471. The Kier molecular flexibility index (Phi) is 10.3. The zero-order valence-corrected chi connectivity index (χ0v) is 23.0. The minimum Gasteiger partial charge on any atom is -0.495 e. The number of nitrogen functional groups attached to an aromatic ring is 1. The molecule has 0 aromatic heterocycles. The molecule has 39 heavy (non-hydrogen) atoms. The second-order valence-electron chi connectivity index (χ2n) is 10.6. The lowest BCUT2D eigenvalue weighted by molar-refractivity contribution is 0.0463. The van der Waals surface area contributed by atoms with E-state index in [1.165, 1.54) is 7.11 Å². The Morgan fingerprint density at radius 2 is 1.49 bits per heavy atom. The van der Waals surface area contributed by atoms with Crippen LogP contribution in [0.25, 0.3) is 0 Å². The number of aliphatic hydroxyl groups is 1. The molecule has 0 spiro atoms. The fraction of sp³-hybridized carbons (Fsp3) is 0.355. The zero-order valence-electron chi connectivity index (χ0n) is 23.0. The van der Waals surface area contributed by atoms with Crippen LogP contribution in [0.5, 0.6) is 5.75 Å². The van der Waals surface area contributed by atoms with Crippen molar-refractivity contribution in [3.63, 3.8) is 0 Å².